The molecule has 2 rings (SSSR count). The molecule has 0 atom stereocenters. The van der Waals surface area contributed by atoms with Crippen molar-refractivity contribution in [3.05, 3.63) is 68.2 Å². The van der Waals surface area contributed by atoms with Crippen LogP contribution in [0, 0.1) is 6.92 Å². The van der Waals surface area contributed by atoms with E-state index in [1.165, 1.54) is 12.1 Å². The highest BCUT2D eigenvalue weighted by Gasteiger charge is 2.16. The lowest BCUT2D eigenvalue weighted by molar-refractivity contribution is 0.0993. The van der Waals surface area contributed by atoms with Gasteiger partial charge in [-0.3, -0.25) is 4.79 Å². The molecule has 2 aromatic carbocycles. The zero-order valence-electron chi connectivity index (χ0n) is 10.2. The Morgan fingerprint density at radius 3 is 2.21 bits per heavy atom. The number of rotatable bonds is 3. The molecule has 0 bridgehead atoms. The van der Waals surface area contributed by atoms with Gasteiger partial charge in [0.05, 0.1) is 15.6 Å². The van der Waals surface area contributed by atoms with Crippen molar-refractivity contribution < 1.29 is 4.79 Å². The van der Waals surface area contributed by atoms with Crippen LogP contribution in [0.1, 0.15) is 21.5 Å². The maximum atomic E-state index is 12.3. The lowest BCUT2D eigenvalue weighted by Crippen LogP contribution is -2.06. The fourth-order valence-electron chi connectivity index (χ4n) is 1.88. The molecule has 2 aromatic rings. The van der Waals surface area contributed by atoms with Crippen molar-refractivity contribution in [2.24, 2.45) is 0 Å². The van der Waals surface area contributed by atoms with Crippen molar-refractivity contribution >= 4 is 40.6 Å². The molecule has 4 heteroatoms. The van der Waals surface area contributed by atoms with Crippen LogP contribution in [0.15, 0.2) is 36.4 Å². The van der Waals surface area contributed by atoms with E-state index < -0.39 is 0 Å². The highest BCUT2D eigenvalue weighted by molar-refractivity contribution is 6.42. The summed E-state index contributed by atoms with van der Waals surface area (Å²) >= 11 is 17.9. The van der Waals surface area contributed by atoms with Gasteiger partial charge in [0.25, 0.3) is 0 Å². The maximum Gasteiger partial charge on any atom is 0.170 e. The van der Waals surface area contributed by atoms with Gasteiger partial charge < -0.3 is 0 Å². The molecular weight excluding hydrogens is 303 g/mol. The summed E-state index contributed by atoms with van der Waals surface area (Å²) in [5, 5.41) is 0.995. The topological polar surface area (TPSA) is 17.1 Å². The van der Waals surface area contributed by atoms with E-state index >= 15 is 0 Å². The van der Waals surface area contributed by atoms with Crippen LogP contribution in [0.25, 0.3) is 0 Å². The number of benzene rings is 2. The normalized spacial score (nSPS) is 10.5. The number of hydrogen-bond acceptors (Lipinski definition) is 1. The molecule has 0 heterocycles. The first-order chi connectivity index (χ1) is 8.99. The van der Waals surface area contributed by atoms with Crippen molar-refractivity contribution in [3.63, 3.8) is 0 Å². The third kappa shape index (κ3) is 3.30. The molecule has 0 aliphatic rings. The van der Waals surface area contributed by atoms with Crippen molar-refractivity contribution in [3.8, 4) is 0 Å². The molecule has 0 amide bonds. The molecule has 0 N–H and O–H groups in total. The number of carbonyl (C=O) groups is 1. The Kier molecular flexibility index (Phi) is 4.51. The standard InChI is InChI=1S/C15H11Cl3O/c1-9-4-2-3-5-10(9)6-14(19)15-12(17)7-11(16)8-13(15)18/h2-5,7-8H,6H2,1H3. The molecule has 0 saturated carbocycles. The van der Waals surface area contributed by atoms with E-state index in [1.807, 2.05) is 31.2 Å². The van der Waals surface area contributed by atoms with Crippen LogP contribution in [0.2, 0.25) is 15.1 Å². The largest absolute Gasteiger partial charge is 0.294 e. The van der Waals surface area contributed by atoms with Gasteiger partial charge in [-0.1, -0.05) is 59.1 Å². The Bertz CT molecular complexity index is 612. The molecule has 0 aliphatic carbocycles. The number of Topliss-reactive ketones (excluding diaryl/α,β-unsaturated/α-hetero) is 1. The Morgan fingerprint density at radius 1 is 1.05 bits per heavy atom. The van der Waals surface area contributed by atoms with Gasteiger partial charge in [0, 0.05) is 11.4 Å². The third-order valence-electron chi connectivity index (χ3n) is 2.90. The second-order valence-corrected chi connectivity index (χ2v) is 5.52. The van der Waals surface area contributed by atoms with E-state index in [-0.39, 0.29) is 22.2 Å². The lowest BCUT2D eigenvalue weighted by Gasteiger charge is -2.08. The van der Waals surface area contributed by atoms with E-state index in [1.54, 1.807) is 0 Å². The predicted octanol–water partition coefficient (Wildman–Crippen LogP) is 5.38. The zero-order valence-corrected chi connectivity index (χ0v) is 12.5. The van der Waals surface area contributed by atoms with Crippen molar-refractivity contribution in [2.45, 2.75) is 13.3 Å². The Hall–Kier alpha value is -1.02. The minimum atomic E-state index is -0.110. The molecule has 19 heavy (non-hydrogen) atoms. The summed E-state index contributed by atoms with van der Waals surface area (Å²) < 4.78 is 0. The second-order valence-electron chi connectivity index (χ2n) is 4.27. The summed E-state index contributed by atoms with van der Waals surface area (Å²) in [7, 11) is 0. The van der Waals surface area contributed by atoms with Gasteiger partial charge in [-0.25, -0.2) is 0 Å². The first kappa shape index (κ1) is 14.4. The average molecular weight is 314 g/mol. The molecule has 0 spiro atoms. The fraction of sp³-hybridized carbons (Fsp3) is 0.133. The highest BCUT2D eigenvalue weighted by atomic mass is 35.5. The quantitative estimate of drug-likeness (QED) is 0.695. The molecule has 0 radical (unpaired) electrons. The van der Waals surface area contributed by atoms with Gasteiger partial charge in [-0.15, -0.1) is 0 Å². The molecule has 98 valence electrons. The van der Waals surface area contributed by atoms with Crippen molar-refractivity contribution in [1.29, 1.82) is 0 Å². The molecule has 0 saturated heterocycles. The number of ketones is 1. The van der Waals surface area contributed by atoms with Crippen LogP contribution in [0.5, 0.6) is 0 Å². The second kappa shape index (κ2) is 5.96. The molecule has 0 aromatic heterocycles. The van der Waals surface area contributed by atoms with E-state index in [0.29, 0.717) is 10.6 Å². The van der Waals surface area contributed by atoms with Gasteiger partial charge in [-0.2, -0.15) is 0 Å². The lowest BCUT2D eigenvalue weighted by atomic mass is 9.99. The fourth-order valence-corrected chi connectivity index (χ4v) is 2.91. The number of hydrogen-bond donors (Lipinski definition) is 0. The van der Waals surface area contributed by atoms with Crippen LogP contribution < -0.4 is 0 Å². The molecule has 0 aliphatic heterocycles. The Labute approximate surface area is 127 Å². The third-order valence-corrected chi connectivity index (χ3v) is 3.71. The van der Waals surface area contributed by atoms with Gasteiger partial charge in [-0.05, 0) is 30.2 Å². The van der Waals surface area contributed by atoms with E-state index in [2.05, 4.69) is 0 Å². The summed E-state index contributed by atoms with van der Waals surface area (Å²) in [6.45, 7) is 1.97. The minimum absolute atomic E-state index is 0.110. The monoisotopic (exact) mass is 312 g/mol. The van der Waals surface area contributed by atoms with Gasteiger partial charge in [0.1, 0.15) is 0 Å². The van der Waals surface area contributed by atoms with Crippen LogP contribution in [-0.4, -0.2) is 5.78 Å². The maximum absolute atomic E-state index is 12.3. The summed E-state index contributed by atoms with van der Waals surface area (Å²) in [6.07, 6.45) is 0.272. The summed E-state index contributed by atoms with van der Waals surface area (Å²) in [5.41, 5.74) is 2.36. The Morgan fingerprint density at radius 2 is 1.63 bits per heavy atom. The first-order valence-electron chi connectivity index (χ1n) is 5.71. The van der Waals surface area contributed by atoms with E-state index in [9.17, 15) is 4.79 Å². The van der Waals surface area contributed by atoms with Gasteiger partial charge >= 0.3 is 0 Å². The summed E-state index contributed by atoms with van der Waals surface area (Å²) in [4.78, 5) is 12.3. The van der Waals surface area contributed by atoms with Gasteiger partial charge in [0.15, 0.2) is 5.78 Å². The molecule has 1 nitrogen and oxygen atoms in total. The highest BCUT2D eigenvalue weighted by Crippen LogP contribution is 2.30. The Balaban J connectivity index is 2.34. The van der Waals surface area contributed by atoms with Crippen molar-refractivity contribution in [1.82, 2.24) is 0 Å². The first-order valence-corrected chi connectivity index (χ1v) is 6.84. The van der Waals surface area contributed by atoms with Crippen LogP contribution in [-0.2, 0) is 6.42 Å². The zero-order chi connectivity index (χ0) is 14.0. The SMILES string of the molecule is Cc1ccccc1CC(=O)c1c(Cl)cc(Cl)cc1Cl. The average Bonchev–Trinajstić information content (AvgIpc) is 2.30. The molecule has 0 fully saturated rings. The molecular formula is C15H11Cl3O. The van der Waals surface area contributed by atoms with Crippen LogP contribution >= 0.6 is 34.8 Å². The van der Waals surface area contributed by atoms with Crippen molar-refractivity contribution in [2.75, 3.05) is 0 Å². The number of aryl methyl sites for hydroxylation is 1. The van der Waals surface area contributed by atoms with Crippen LogP contribution in [0.4, 0.5) is 0 Å². The summed E-state index contributed by atoms with van der Waals surface area (Å²) in [6, 6.07) is 10.8. The van der Waals surface area contributed by atoms with Crippen LogP contribution in [0.3, 0.4) is 0 Å². The minimum Gasteiger partial charge on any atom is -0.294 e. The van der Waals surface area contributed by atoms with E-state index in [0.717, 1.165) is 11.1 Å². The summed E-state index contributed by atoms with van der Waals surface area (Å²) in [5.74, 6) is -0.110. The van der Waals surface area contributed by atoms with Gasteiger partial charge in [0.2, 0.25) is 0 Å². The number of halogens is 3. The number of carbonyl (C=O) groups excluding carboxylic acids is 1. The molecule has 0 unspecified atom stereocenters. The smallest absolute Gasteiger partial charge is 0.170 e. The van der Waals surface area contributed by atoms with E-state index in [4.69, 9.17) is 34.8 Å². The predicted molar refractivity (Wildman–Crippen MR) is 80.7 cm³/mol.